The first-order valence-corrected chi connectivity index (χ1v) is 13.4. The molecule has 1 saturated carbocycles. The van der Waals surface area contributed by atoms with Crippen molar-refractivity contribution in [2.45, 2.75) is 72.1 Å². The molecule has 10 heteroatoms. The van der Waals surface area contributed by atoms with Crippen molar-refractivity contribution in [2.24, 2.45) is 17.6 Å². The molecule has 0 aromatic carbocycles. The molecule has 1 aliphatic carbocycles. The summed E-state index contributed by atoms with van der Waals surface area (Å²) in [7, 11) is 2.00. The highest BCUT2D eigenvalue weighted by molar-refractivity contribution is 7.17. The molecule has 1 atom stereocenters. The highest BCUT2D eigenvalue weighted by atomic mass is 32.1. The Morgan fingerprint density at radius 2 is 2.08 bits per heavy atom. The lowest BCUT2D eigenvalue weighted by Gasteiger charge is -2.36. The first kappa shape index (κ1) is 28.0. The number of nitrogens with one attached hydrogen (secondary N) is 2. The van der Waals surface area contributed by atoms with Crippen LogP contribution in [0.25, 0.3) is 0 Å². The summed E-state index contributed by atoms with van der Waals surface area (Å²) < 4.78 is 11.4. The lowest BCUT2D eigenvalue weighted by molar-refractivity contribution is 0.0970. The van der Waals surface area contributed by atoms with Crippen LogP contribution >= 0.6 is 11.3 Å². The molecule has 0 saturated heterocycles. The fraction of sp³-hybridized carbons (Fsp3) is 0.615. The van der Waals surface area contributed by atoms with Crippen molar-refractivity contribution in [3.63, 3.8) is 0 Å². The van der Waals surface area contributed by atoms with Crippen LogP contribution in [-0.2, 0) is 17.8 Å². The third kappa shape index (κ3) is 7.72. The number of hydrogen-bond donors (Lipinski definition) is 3. The summed E-state index contributed by atoms with van der Waals surface area (Å²) in [6, 6.07) is 2.40. The summed E-state index contributed by atoms with van der Waals surface area (Å²) in [5, 5.41) is 7.32. The number of nitrogens with two attached hydrogens (primary N) is 1. The fourth-order valence-electron chi connectivity index (χ4n) is 4.29. The van der Waals surface area contributed by atoms with E-state index < -0.39 is 5.91 Å². The molecule has 0 unspecified atom stereocenters. The summed E-state index contributed by atoms with van der Waals surface area (Å²) in [6.45, 7) is 10.2. The van der Waals surface area contributed by atoms with E-state index in [1.807, 2.05) is 20.9 Å². The third-order valence-corrected chi connectivity index (χ3v) is 7.43. The van der Waals surface area contributed by atoms with Gasteiger partial charge < -0.3 is 25.8 Å². The Balaban J connectivity index is 0.000000236. The molecule has 2 aliphatic rings. The normalized spacial score (nSPS) is 19.4. The van der Waals surface area contributed by atoms with Gasteiger partial charge in [-0.25, -0.2) is 9.97 Å². The molecule has 1 fully saturated rings. The SMILES string of the molecule is CNC1CC(C[C@H](C)Oc2nc3c(cc2C(N)=O)COCC3)C1.Cc1nc(NCC(C)C)sc1C=O. The summed E-state index contributed by atoms with van der Waals surface area (Å²) >= 11 is 1.41. The van der Waals surface area contributed by atoms with Gasteiger partial charge >= 0.3 is 0 Å². The van der Waals surface area contributed by atoms with Gasteiger partial charge in [-0.15, -0.1) is 0 Å². The van der Waals surface area contributed by atoms with Crippen molar-refractivity contribution in [1.82, 2.24) is 15.3 Å². The number of anilines is 1. The number of aromatic nitrogens is 2. The first-order valence-electron chi connectivity index (χ1n) is 12.6. The van der Waals surface area contributed by atoms with Crippen molar-refractivity contribution < 1.29 is 19.1 Å². The second-order valence-corrected chi connectivity index (χ2v) is 11.0. The average molecular weight is 518 g/mol. The van der Waals surface area contributed by atoms with E-state index in [0.29, 0.717) is 47.4 Å². The summed E-state index contributed by atoms with van der Waals surface area (Å²) in [5.41, 5.74) is 8.53. The molecule has 2 aromatic rings. The van der Waals surface area contributed by atoms with Gasteiger partial charge in [0, 0.05) is 24.6 Å². The fourth-order valence-corrected chi connectivity index (χ4v) is 5.08. The summed E-state index contributed by atoms with van der Waals surface area (Å²) in [4.78, 5) is 31.7. The highest BCUT2D eigenvalue weighted by Crippen LogP contribution is 2.32. The monoisotopic (exact) mass is 517 g/mol. The van der Waals surface area contributed by atoms with Gasteiger partial charge in [0.1, 0.15) is 5.56 Å². The molecular weight excluding hydrogens is 478 g/mol. The molecule has 1 aliphatic heterocycles. The van der Waals surface area contributed by atoms with Crippen LogP contribution in [0.1, 0.15) is 77.0 Å². The number of aryl methyl sites for hydroxylation is 1. The van der Waals surface area contributed by atoms with Crippen LogP contribution in [0.15, 0.2) is 6.07 Å². The number of carbonyl (C=O) groups excluding carboxylic acids is 2. The van der Waals surface area contributed by atoms with Crippen LogP contribution in [0.4, 0.5) is 5.13 Å². The van der Waals surface area contributed by atoms with Crippen LogP contribution < -0.4 is 21.1 Å². The summed E-state index contributed by atoms with van der Waals surface area (Å²) in [5.74, 6) is 1.12. The van der Waals surface area contributed by atoms with E-state index in [1.54, 1.807) is 6.07 Å². The molecule has 1 amide bonds. The molecule has 4 N–H and O–H groups in total. The minimum absolute atomic E-state index is 0.0151. The van der Waals surface area contributed by atoms with Crippen molar-refractivity contribution >= 4 is 28.7 Å². The van der Waals surface area contributed by atoms with Crippen molar-refractivity contribution in [1.29, 1.82) is 0 Å². The van der Waals surface area contributed by atoms with E-state index in [0.717, 1.165) is 47.8 Å². The van der Waals surface area contributed by atoms with E-state index in [4.69, 9.17) is 15.2 Å². The molecule has 198 valence electrons. The molecule has 36 heavy (non-hydrogen) atoms. The average Bonchev–Trinajstić information content (AvgIpc) is 3.19. The number of primary amides is 1. The maximum atomic E-state index is 11.7. The van der Waals surface area contributed by atoms with Gasteiger partial charge in [-0.05, 0) is 58.1 Å². The number of nitrogens with zero attached hydrogens (tertiary/aromatic N) is 2. The molecular formula is C26H39N5O4S. The van der Waals surface area contributed by atoms with Crippen LogP contribution in [0.3, 0.4) is 0 Å². The number of fused-ring (bicyclic) bond motifs is 1. The van der Waals surface area contributed by atoms with Crippen LogP contribution in [0.2, 0.25) is 0 Å². The standard InChI is InChI=1S/C17H25N3O3.C9H14N2OS/c1-10(5-11-6-13(7-11)19-2)23-17-14(16(18)21)8-12-9-22-4-3-15(12)20-17;1-6(2)4-10-9-11-7(3)8(5-12)13-9/h8,10-11,13,19H,3-7,9H2,1-2H3,(H2,18,21);5-6H,4H2,1-3H3,(H,10,11)/t10-,11?,13?;/m0./s1. The maximum Gasteiger partial charge on any atom is 0.254 e. The molecule has 3 heterocycles. The van der Waals surface area contributed by atoms with Crippen LogP contribution in [0, 0.1) is 18.8 Å². The molecule has 0 radical (unpaired) electrons. The Morgan fingerprint density at radius 3 is 2.69 bits per heavy atom. The number of amides is 1. The van der Waals surface area contributed by atoms with Gasteiger partial charge in [0.15, 0.2) is 11.4 Å². The Hall–Kier alpha value is -2.56. The van der Waals surface area contributed by atoms with E-state index in [-0.39, 0.29) is 6.10 Å². The van der Waals surface area contributed by atoms with Crippen molar-refractivity contribution in [3.05, 3.63) is 33.5 Å². The van der Waals surface area contributed by atoms with Gasteiger partial charge in [-0.2, -0.15) is 0 Å². The minimum atomic E-state index is -0.507. The Kier molecular flexibility index (Phi) is 10.2. The van der Waals surface area contributed by atoms with E-state index >= 15 is 0 Å². The Bertz CT molecular complexity index is 1040. The molecule has 0 bridgehead atoms. The van der Waals surface area contributed by atoms with Crippen LogP contribution in [-0.4, -0.2) is 54.5 Å². The lowest BCUT2D eigenvalue weighted by atomic mass is 9.77. The first-order chi connectivity index (χ1) is 17.2. The third-order valence-electron chi connectivity index (χ3n) is 6.39. The number of rotatable bonds is 10. The zero-order chi connectivity index (χ0) is 26.2. The van der Waals surface area contributed by atoms with Gasteiger partial charge in [-0.3, -0.25) is 9.59 Å². The Labute approximate surface area is 217 Å². The number of pyridine rings is 1. The maximum absolute atomic E-state index is 11.7. The van der Waals surface area contributed by atoms with E-state index in [1.165, 1.54) is 24.2 Å². The lowest BCUT2D eigenvalue weighted by Crippen LogP contribution is -2.40. The zero-order valence-electron chi connectivity index (χ0n) is 21.9. The Morgan fingerprint density at radius 1 is 1.33 bits per heavy atom. The highest BCUT2D eigenvalue weighted by Gasteiger charge is 2.30. The van der Waals surface area contributed by atoms with Gasteiger partial charge in [-0.1, -0.05) is 25.2 Å². The second-order valence-electron chi connectivity index (χ2n) is 9.96. The molecule has 2 aromatic heterocycles. The quantitative estimate of drug-likeness (QED) is 0.407. The van der Waals surface area contributed by atoms with Gasteiger partial charge in [0.05, 0.1) is 35.6 Å². The van der Waals surface area contributed by atoms with E-state index in [2.05, 4.69) is 34.4 Å². The summed E-state index contributed by atoms with van der Waals surface area (Å²) in [6.07, 6.45) is 4.95. The predicted molar refractivity (Wildman–Crippen MR) is 142 cm³/mol. The molecule has 4 rings (SSSR count). The van der Waals surface area contributed by atoms with Gasteiger partial charge in [0.2, 0.25) is 5.88 Å². The number of hydrogen-bond acceptors (Lipinski definition) is 9. The second kappa shape index (κ2) is 13.1. The zero-order valence-corrected chi connectivity index (χ0v) is 22.7. The number of aldehydes is 1. The van der Waals surface area contributed by atoms with Gasteiger partial charge in [0.25, 0.3) is 5.91 Å². The van der Waals surface area contributed by atoms with Crippen molar-refractivity contribution in [3.8, 4) is 5.88 Å². The number of thiazole rings is 1. The number of carbonyl (C=O) groups is 2. The molecule has 9 nitrogen and oxygen atoms in total. The largest absolute Gasteiger partial charge is 0.474 e. The minimum Gasteiger partial charge on any atom is -0.474 e. The number of ether oxygens (including phenoxy) is 2. The topological polar surface area (TPSA) is 128 Å². The molecule has 0 spiro atoms. The predicted octanol–water partition coefficient (Wildman–Crippen LogP) is 3.74. The van der Waals surface area contributed by atoms with Crippen molar-refractivity contribution in [2.75, 3.05) is 25.5 Å². The van der Waals surface area contributed by atoms with Crippen LogP contribution in [0.5, 0.6) is 5.88 Å². The van der Waals surface area contributed by atoms with E-state index in [9.17, 15) is 9.59 Å². The smallest absolute Gasteiger partial charge is 0.254 e.